The molecule has 1 aromatic rings. The molecule has 2 N–H and O–H groups in total. The molecule has 3 heteroatoms. The first kappa shape index (κ1) is 13.9. The van der Waals surface area contributed by atoms with Crippen LogP contribution in [0.3, 0.4) is 0 Å². The van der Waals surface area contributed by atoms with Gasteiger partial charge < -0.3 is 10.6 Å². The lowest BCUT2D eigenvalue weighted by Crippen LogP contribution is -2.61. The smallest absolute Gasteiger partial charge is 0.191 e. The molecule has 0 amide bonds. The molecule has 3 nitrogen and oxygen atoms in total. The molecule has 3 atom stereocenters. The average Bonchev–Trinajstić information content (AvgIpc) is 2.87. The molecule has 0 radical (unpaired) electrons. The lowest BCUT2D eigenvalue weighted by Gasteiger charge is -2.64. The van der Waals surface area contributed by atoms with Crippen molar-refractivity contribution in [1.29, 1.82) is 0 Å². The average molecular weight is 309 g/mol. The Morgan fingerprint density at radius 1 is 1.09 bits per heavy atom. The van der Waals surface area contributed by atoms with E-state index in [1.807, 2.05) is 0 Å². The Hall–Kier alpha value is -1.51. The number of hydrogen-bond donors (Lipinski definition) is 1. The van der Waals surface area contributed by atoms with Gasteiger partial charge in [0.05, 0.1) is 12.6 Å². The third kappa shape index (κ3) is 1.85. The van der Waals surface area contributed by atoms with Gasteiger partial charge in [0.25, 0.3) is 0 Å². The van der Waals surface area contributed by atoms with Crippen LogP contribution in [0.15, 0.2) is 35.3 Å². The maximum Gasteiger partial charge on any atom is 0.191 e. The van der Waals surface area contributed by atoms with Crippen molar-refractivity contribution in [2.24, 2.45) is 28.0 Å². The van der Waals surface area contributed by atoms with Crippen LogP contribution < -0.4 is 5.73 Å². The first-order valence-electron chi connectivity index (χ1n) is 9.19. The van der Waals surface area contributed by atoms with Gasteiger partial charge in [0.2, 0.25) is 0 Å². The molecule has 4 bridgehead atoms. The molecule has 6 rings (SSSR count). The van der Waals surface area contributed by atoms with Gasteiger partial charge >= 0.3 is 0 Å². The number of likely N-dealkylation sites (N-methyl/N-ethyl adjacent to an activating group) is 1. The van der Waals surface area contributed by atoms with E-state index in [2.05, 4.69) is 47.3 Å². The Bertz CT molecular complexity index is 636. The number of hydrogen-bond acceptors (Lipinski definition) is 3. The molecular weight excluding hydrogens is 282 g/mol. The molecule has 3 unspecified atom stereocenters. The summed E-state index contributed by atoms with van der Waals surface area (Å²) in [6.07, 6.45) is 8.41. The van der Waals surface area contributed by atoms with Gasteiger partial charge in [-0.3, -0.25) is 4.99 Å². The van der Waals surface area contributed by atoms with Crippen molar-refractivity contribution in [2.45, 2.75) is 50.0 Å². The first-order valence-corrected chi connectivity index (χ1v) is 9.19. The van der Waals surface area contributed by atoms with Crippen LogP contribution in [0.5, 0.6) is 0 Å². The second kappa shape index (κ2) is 4.52. The highest BCUT2D eigenvalue weighted by molar-refractivity contribution is 5.80. The molecule has 1 aliphatic heterocycles. The fourth-order valence-electron chi connectivity index (χ4n) is 7.03. The van der Waals surface area contributed by atoms with Gasteiger partial charge in [-0.15, -0.1) is 0 Å². The number of nitrogens with zero attached hydrogens (tertiary/aromatic N) is 2. The van der Waals surface area contributed by atoms with Gasteiger partial charge in [-0.05, 0) is 66.8 Å². The van der Waals surface area contributed by atoms with E-state index >= 15 is 0 Å². The predicted molar refractivity (Wildman–Crippen MR) is 93.3 cm³/mol. The second-order valence-electron chi connectivity index (χ2n) is 8.80. The molecule has 23 heavy (non-hydrogen) atoms. The van der Waals surface area contributed by atoms with Crippen molar-refractivity contribution >= 4 is 5.96 Å². The minimum Gasteiger partial charge on any atom is -0.370 e. The van der Waals surface area contributed by atoms with Crippen LogP contribution in [-0.4, -0.2) is 30.5 Å². The maximum absolute atomic E-state index is 6.11. The zero-order valence-electron chi connectivity index (χ0n) is 14.0. The minimum atomic E-state index is 0.420. The zero-order valence-corrected chi connectivity index (χ0v) is 14.0. The summed E-state index contributed by atoms with van der Waals surface area (Å²) < 4.78 is 0. The fraction of sp³-hybridized carbons (Fsp3) is 0.650. The van der Waals surface area contributed by atoms with Crippen LogP contribution in [0.1, 0.15) is 44.1 Å². The van der Waals surface area contributed by atoms with Crippen LogP contribution in [0.25, 0.3) is 0 Å². The molecule has 0 spiro atoms. The summed E-state index contributed by atoms with van der Waals surface area (Å²) in [5.41, 5.74) is 8.55. The highest BCUT2D eigenvalue weighted by Crippen LogP contribution is 2.67. The van der Waals surface area contributed by atoms with E-state index in [4.69, 9.17) is 5.73 Å². The fourth-order valence-corrected chi connectivity index (χ4v) is 7.03. The van der Waals surface area contributed by atoms with Gasteiger partial charge in [0.15, 0.2) is 5.96 Å². The zero-order chi connectivity index (χ0) is 15.7. The standard InChI is InChI=1S/C20H27N3/c1-23-17(12-22-18(23)21)20-10-14-7-15(11-20)9-19(8-14,13-20)16-5-3-2-4-6-16/h2-6,14-15,17H,7-13H2,1H3,(H2,21,22). The molecule has 1 aromatic carbocycles. The van der Waals surface area contributed by atoms with E-state index in [9.17, 15) is 0 Å². The summed E-state index contributed by atoms with van der Waals surface area (Å²) in [6, 6.07) is 11.9. The summed E-state index contributed by atoms with van der Waals surface area (Å²) >= 11 is 0. The molecule has 4 aliphatic carbocycles. The van der Waals surface area contributed by atoms with Crippen molar-refractivity contribution < 1.29 is 0 Å². The Morgan fingerprint density at radius 2 is 1.78 bits per heavy atom. The lowest BCUT2D eigenvalue weighted by molar-refractivity contribution is -0.0986. The van der Waals surface area contributed by atoms with Gasteiger partial charge in [-0.2, -0.15) is 0 Å². The first-order chi connectivity index (χ1) is 11.1. The van der Waals surface area contributed by atoms with Gasteiger partial charge in [0, 0.05) is 7.05 Å². The molecule has 0 aromatic heterocycles. The normalized spacial score (nSPS) is 44.7. The van der Waals surface area contributed by atoms with Crippen molar-refractivity contribution in [3.63, 3.8) is 0 Å². The van der Waals surface area contributed by atoms with E-state index in [-0.39, 0.29) is 0 Å². The van der Waals surface area contributed by atoms with Gasteiger partial charge in [0.1, 0.15) is 0 Å². The minimum absolute atomic E-state index is 0.420. The van der Waals surface area contributed by atoms with Crippen molar-refractivity contribution in [3.8, 4) is 0 Å². The summed E-state index contributed by atoms with van der Waals surface area (Å²) in [7, 11) is 2.16. The SMILES string of the molecule is CN1C(N)=NCC1C12CC3CC(CC(c4ccccc4)(C3)C1)C2. The molecule has 4 saturated carbocycles. The van der Waals surface area contributed by atoms with Crippen molar-refractivity contribution in [1.82, 2.24) is 4.90 Å². The van der Waals surface area contributed by atoms with Crippen LogP contribution in [0.4, 0.5) is 0 Å². The topological polar surface area (TPSA) is 41.6 Å². The van der Waals surface area contributed by atoms with E-state index in [0.29, 0.717) is 16.9 Å². The van der Waals surface area contributed by atoms with E-state index < -0.39 is 0 Å². The lowest BCUT2D eigenvalue weighted by atomic mass is 9.41. The number of benzene rings is 1. The maximum atomic E-state index is 6.11. The van der Waals surface area contributed by atoms with Crippen LogP contribution in [-0.2, 0) is 5.41 Å². The summed E-state index contributed by atoms with van der Waals surface area (Å²) in [5, 5.41) is 0. The largest absolute Gasteiger partial charge is 0.370 e. The summed E-state index contributed by atoms with van der Waals surface area (Å²) in [4.78, 5) is 6.86. The summed E-state index contributed by atoms with van der Waals surface area (Å²) in [5.74, 6) is 2.57. The molecule has 122 valence electrons. The van der Waals surface area contributed by atoms with Crippen LogP contribution in [0, 0.1) is 17.3 Å². The monoisotopic (exact) mass is 309 g/mol. The van der Waals surface area contributed by atoms with E-state index in [0.717, 1.165) is 24.3 Å². The molecule has 5 aliphatic rings. The second-order valence-corrected chi connectivity index (χ2v) is 8.80. The van der Waals surface area contributed by atoms with Gasteiger partial charge in [-0.1, -0.05) is 30.3 Å². The van der Waals surface area contributed by atoms with Gasteiger partial charge in [-0.25, -0.2) is 0 Å². The number of rotatable bonds is 2. The Kier molecular flexibility index (Phi) is 2.73. The van der Waals surface area contributed by atoms with Crippen LogP contribution >= 0.6 is 0 Å². The molecule has 1 heterocycles. The highest BCUT2D eigenvalue weighted by Gasteiger charge is 2.61. The molecule has 4 fully saturated rings. The predicted octanol–water partition coefficient (Wildman–Crippen LogP) is 3.15. The van der Waals surface area contributed by atoms with E-state index in [1.54, 1.807) is 5.56 Å². The van der Waals surface area contributed by atoms with Crippen molar-refractivity contribution in [3.05, 3.63) is 35.9 Å². The number of nitrogens with two attached hydrogens (primary N) is 1. The molecule has 0 saturated heterocycles. The Balaban J connectivity index is 1.55. The Morgan fingerprint density at radius 3 is 2.39 bits per heavy atom. The quantitative estimate of drug-likeness (QED) is 0.912. The van der Waals surface area contributed by atoms with E-state index in [1.165, 1.54) is 38.5 Å². The third-order valence-electron chi connectivity index (χ3n) is 7.45. The molecular formula is C20H27N3. The third-order valence-corrected chi connectivity index (χ3v) is 7.45. The van der Waals surface area contributed by atoms with Crippen LogP contribution in [0.2, 0.25) is 0 Å². The Labute approximate surface area is 139 Å². The highest BCUT2D eigenvalue weighted by atomic mass is 15.3. The number of guanidine groups is 1. The van der Waals surface area contributed by atoms with Crippen molar-refractivity contribution in [2.75, 3.05) is 13.6 Å². The summed E-state index contributed by atoms with van der Waals surface area (Å²) in [6.45, 7) is 0.909. The number of aliphatic imine (C=N–C) groups is 1.